The summed E-state index contributed by atoms with van der Waals surface area (Å²) in [6.07, 6.45) is 1.22. The van der Waals surface area contributed by atoms with E-state index in [0.717, 1.165) is 12.0 Å². The molecular formula is C15H23NO2. The number of ketones is 1. The molecule has 0 aliphatic rings. The van der Waals surface area contributed by atoms with E-state index in [2.05, 4.69) is 20.8 Å². The van der Waals surface area contributed by atoms with Crippen LogP contribution in [0.5, 0.6) is 5.75 Å². The lowest BCUT2D eigenvalue weighted by molar-refractivity contribution is 0.0979. The predicted molar refractivity (Wildman–Crippen MR) is 73.9 cm³/mol. The molecule has 0 radical (unpaired) electrons. The number of phenols is 1. The highest BCUT2D eigenvalue weighted by atomic mass is 16.3. The summed E-state index contributed by atoms with van der Waals surface area (Å²) in [7, 11) is 0. The number of benzene rings is 1. The first kappa shape index (κ1) is 14.7. The quantitative estimate of drug-likeness (QED) is 0.806. The molecule has 18 heavy (non-hydrogen) atoms. The zero-order valence-corrected chi connectivity index (χ0v) is 11.7. The Balaban J connectivity index is 3.36. The molecule has 3 N–H and O–H groups in total. The molecule has 0 spiro atoms. The van der Waals surface area contributed by atoms with Gasteiger partial charge in [0.15, 0.2) is 5.78 Å². The van der Waals surface area contributed by atoms with Gasteiger partial charge in [0, 0.05) is 18.5 Å². The zero-order chi connectivity index (χ0) is 13.9. The summed E-state index contributed by atoms with van der Waals surface area (Å²) in [4.78, 5) is 12.0. The molecule has 1 rings (SSSR count). The van der Waals surface area contributed by atoms with Crippen molar-refractivity contribution in [1.29, 1.82) is 0 Å². The van der Waals surface area contributed by atoms with Crippen LogP contribution in [0.15, 0.2) is 12.1 Å². The zero-order valence-electron chi connectivity index (χ0n) is 11.7. The number of hydrogen-bond donors (Lipinski definition) is 2. The Labute approximate surface area is 109 Å². The molecule has 1 aromatic carbocycles. The maximum absolute atomic E-state index is 12.0. The van der Waals surface area contributed by atoms with E-state index in [-0.39, 0.29) is 23.5 Å². The van der Waals surface area contributed by atoms with Gasteiger partial charge in [-0.2, -0.15) is 0 Å². The van der Waals surface area contributed by atoms with E-state index in [0.29, 0.717) is 17.5 Å². The minimum Gasteiger partial charge on any atom is -0.507 e. The van der Waals surface area contributed by atoms with Gasteiger partial charge in [0.1, 0.15) is 5.75 Å². The summed E-state index contributed by atoms with van der Waals surface area (Å²) in [5.41, 5.74) is 7.64. The maximum Gasteiger partial charge on any atom is 0.166 e. The van der Waals surface area contributed by atoms with Crippen LogP contribution >= 0.6 is 0 Å². The monoisotopic (exact) mass is 249 g/mol. The summed E-state index contributed by atoms with van der Waals surface area (Å²) in [6.45, 7) is 8.42. The van der Waals surface area contributed by atoms with Gasteiger partial charge in [0.2, 0.25) is 0 Å². The lowest BCUT2D eigenvalue weighted by atomic mass is 9.84. The lowest BCUT2D eigenvalue weighted by Gasteiger charge is -2.22. The number of Topliss-reactive ketones (excluding diaryl/α,β-unsaturated/α-hetero) is 1. The van der Waals surface area contributed by atoms with Crippen molar-refractivity contribution in [3.8, 4) is 5.75 Å². The Morgan fingerprint density at radius 2 is 1.94 bits per heavy atom. The molecule has 1 aromatic rings. The van der Waals surface area contributed by atoms with Crippen molar-refractivity contribution in [2.45, 2.75) is 52.5 Å². The molecule has 0 aliphatic carbocycles. The molecule has 100 valence electrons. The van der Waals surface area contributed by atoms with Crippen LogP contribution in [0.2, 0.25) is 0 Å². The number of rotatable bonds is 4. The molecule has 0 aliphatic heterocycles. The van der Waals surface area contributed by atoms with E-state index in [1.165, 1.54) is 0 Å². The molecule has 0 fully saturated rings. The molecule has 0 heterocycles. The van der Waals surface area contributed by atoms with Crippen LogP contribution < -0.4 is 5.73 Å². The summed E-state index contributed by atoms with van der Waals surface area (Å²) in [5, 5.41) is 10.1. The van der Waals surface area contributed by atoms with Gasteiger partial charge in [0.05, 0.1) is 5.56 Å². The van der Waals surface area contributed by atoms with Crippen molar-refractivity contribution in [2.75, 3.05) is 0 Å². The first-order chi connectivity index (χ1) is 8.31. The molecule has 0 saturated heterocycles. The summed E-state index contributed by atoms with van der Waals surface area (Å²) >= 11 is 0. The van der Waals surface area contributed by atoms with Gasteiger partial charge in [0.25, 0.3) is 0 Å². The van der Waals surface area contributed by atoms with Crippen LogP contribution in [0.1, 0.15) is 62.0 Å². The predicted octanol–water partition coefficient (Wildman–Crippen LogP) is 3.13. The molecule has 0 unspecified atom stereocenters. The van der Waals surface area contributed by atoms with E-state index in [4.69, 9.17) is 5.73 Å². The Morgan fingerprint density at radius 3 is 2.39 bits per heavy atom. The number of aromatic hydroxyl groups is 1. The third kappa shape index (κ3) is 3.10. The SMILES string of the molecule is CCCC(=O)c1cc(C(C)(C)C)cc(CN)c1O. The van der Waals surface area contributed by atoms with Crippen molar-refractivity contribution in [1.82, 2.24) is 0 Å². The minimum absolute atomic E-state index is 0.0178. The minimum atomic E-state index is -0.0706. The summed E-state index contributed by atoms with van der Waals surface area (Å²) < 4.78 is 0. The fourth-order valence-electron chi connectivity index (χ4n) is 1.86. The van der Waals surface area contributed by atoms with Crippen molar-refractivity contribution in [3.63, 3.8) is 0 Å². The van der Waals surface area contributed by atoms with Crippen LogP contribution in [-0.4, -0.2) is 10.9 Å². The van der Waals surface area contributed by atoms with Gasteiger partial charge in [-0.3, -0.25) is 4.79 Å². The highest BCUT2D eigenvalue weighted by Gasteiger charge is 2.20. The van der Waals surface area contributed by atoms with Gasteiger partial charge in [-0.1, -0.05) is 33.8 Å². The number of nitrogens with two attached hydrogens (primary N) is 1. The second kappa shape index (κ2) is 5.53. The van der Waals surface area contributed by atoms with Gasteiger partial charge in [-0.05, 0) is 23.5 Å². The average Bonchev–Trinajstić information content (AvgIpc) is 2.28. The van der Waals surface area contributed by atoms with Crippen LogP contribution in [-0.2, 0) is 12.0 Å². The van der Waals surface area contributed by atoms with Crippen LogP contribution in [0.3, 0.4) is 0 Å². The van der Waals surface area contributed by atoms with Gasteiger partial charge in [-0.25, -0.2) is 0 Å². The second-order valence-corrected chi connectivity index (χ2v) is 5.66. The molecule has 0 aromatic heterocycles. The van der Waals surface area contributed by atoms with Gasteiger partial charge < -0.3 is 10.8 Å². The normalized spacial score (nSPS) is 11.6. The van der Waals surface area contributed by atoms with Crippen LogP contribution in [0.25, 0.3) is 0 Å². The topological polar surface area (TPSA) is 63.3 Å². The van der Waals surface area contributed by atoms with E-state index >= 15 is 0 Å². The average molecular weight is 249 g/mol. The van der Waals surface area contributed by atoms with Crippen LogP contribution in [0, 0.1) is 0 Å². The first-order valence-corrected chi connectivity index (χ1v) is 6.40. The molecule has 0 amide bonds. The fourth-order valence-corrected chi connectivity index (χ4v) is 1.86. The maximum atomic E-state index is 12.0. The highest BCUT2D eigenvalue weighted by molar-refractivity contribution is 5.99. The molecule has 3 heteroatoms. The van der Waals surface area contributed by atoms with E-state index < -0.39 is 0 Å². The Hall–Kier alpha value is -1.35. The van der Waals surface area contributed by atoms with Crippen LogP contribution in [0.4, 0.5) is 0 Å². The Bertz CT molecular complexity index is 445. The standard InChI is InChI=1S/C15H23NO2/c1-5-6-13(17)12-8-11(15(2,3)4)7-10(9-16)14(12)18/h7-8,18H,5-6,9,16H2,1-4H3. The van der Waals surface area contributed by atoms with E-state index in [1.54, 1.807) is 6.07 Å². The molecular weight excluding hydrogens is 226 g/mol. The Morgan fingerprint density at radius 1 is 1.33 bits per heavy atom. The number of carbonyl (C=O) groups excluding carboxylic acids is 1. The largest absolute Gasteiger partial charge is 0.507 e. The fraction of sp³-hybridized carbons (Fsp3) is 0.533. The first-order valence-electron chi connectivity index (χ1n) is 6.40. The Kier molecular flexibility index (Phi) is 4.52. The number of phenolic OH excluding ortho intramolecular Hbond substituents is 1. The van der Waals surface area contributed by atoms with Crippen molar-refractivity contribution >= 4 is 5.78 Å². The van der Waals surface area contributed by atoms with Crippen molar-refractivity contribution < 1.29 is 9.90 Å². The second-order valence-electron chi connectivity index (χ2n) is 5.66. The van der Waals surface area contributed by atoms with E-state index in [1.807, 2.05) is 13.0 Å². The molecule has 0 saturated carbocycles. The third-order valence-corrected chi connectivity index (χ3v) is 3.05. The van der Waals surface area contributed by atoms with Gasteiger partial charge in [-0.15, -0.1) is 0 Å². The van der Waals surface area contributed by atoms with Gasteiger partial charge >= 0.3 is 0 Å². The smallest absolute Gasteiger partial charge is 0.166 e. The molecule has 3 nitrogen and oxygen atoms in total. The van der Waals surface area contributed by atoms with Crippen molar-refractivity contribution in [3.05, 3.63) is 28.8 Å². The molecule has 0 atom stereocenters. The van der Waals surface area contributed by atoms with E-state index in [9.17, 15) is 9.90 Å². The third-order valence-electron chi connectivity index (χ3n) is 3.05. The molecule has 0 bridgehead atoms. The van der Waals surface area contributed by atoms with Crippen molar-refractivity contribution in [2.24, 2.45) is 5.73 Å². The summed E-state index contributed by atoms with van der Waals surface area (Å²) in [6, 6.07) is 3.69. The number of carbonyl (C=O) groups is 1. The lowest BCUT2D eigenvalue weighted by Crippen LogP contribution is -2.14. The number of hydrogen-bond acceptors (Lipinski definition) is 3. The highest BCUT2D eigenvalue weighted by Crippen LogP contribution is 2.31. The summed E-state index contributed by atoms with van der Waals surface area (Å²) in [5.74, 6) is 0.0275.